The maximum Gasteiger partial charge on any atom is 0.0542 e. The van der Waals surface area contributed by atoms with E-state index < -0.39 is 0 Å². The first kappa shape index (κ1) is 26.1. The second-order valence-corrected chi connectivity index (χ2v) is 15.2. The van der Waals surface area contributed by atoms with Gasteiger partial charge in [-0.3, -0.25) is 0 Å². The van der Waals surface area contributed by atoms with E-state index in [0.29, 0.717) is 0 Å². The van der Waals surface area contributed by atoms with Gasteiger partial charge in [-0.1, -0.05) is 89.2 Å². The number of hydrogen-bond donors (Lipinski definition) is 0. The zero-order chi connectivity index (χ0) is 30.0. The fraction of sp³-hybridized carbons (Fsp3) is 0.286. The summed E-state index contributed by atoms with van der Waals surface area (Å²) >= 11 is 0. The molecule has 7 aromatic rings. The van der Waals surface area contributed by atoms with E-state index in [1.54, 1.807) is 16.7 Å². The molecule has 0 radical (unpaired) electrons. The standard InChI is InChI=1S/C42H40N2/c1-40(2)20-22-42(5)23-21-41(3,4)34-26-28(25-33(40)39(34)42)44-37-17-11-8-14-31(37)32-24-27(18-19-38(32)44)43-35-15-9-6-12-29(35)30-13-7-10-16-36(30)43/h6-19,24-26H,20-23H2,1-5H3. The number of hydrogen-bond acceptors (Lipinski definition) is 0. The lowest BCUT2D eigenvalue weighted by molar-refractivity contribution is 0.242. The number of nitrogens with zero attached hydrogens (tertiary/aromatic N) is 2. The van der Waals surface area contributed by atoms with Crippen molar-refractivity contribution in [3.8, 4) is 11.4 Å². The molecule has 0 saturated heterocycles. The van der Waals surface area contributed by atoms with Crippen LogP contribution < -0.4 is 0 Å². The minimum Gasteiger partial charge on any atom is -0.309 e. The average molecular weight is 573 g/mol. The highest BCUT2D eigenvalue weighted by atomic mass is 15.0. The topological polar surface area (TPSA) is 9.86 Å². The van der Waals surface area contributed by atoms with Crippen LogP contribution in [0.2, 0.25) is 0 Å². The van der Waals surface area contributed by atoms with Crippen molar-refractivity contribution in [3.63, 3.8) is 0 Å². The van der Waals surface area contributed by atoms with Gasteiger partial charge >= 0.3 is 0 Å². The maximum absolute atomic E-state index is 2.56. The van der Waals surface area contributed by atoms with Gasteiger partial charge in [0.25, 0.3) is 0 Å². The van der Waals surface area contributed by atoms with Crippen LogP contribution in [0.5, 0.6) is 0 Å². The first-order valence-electron chi connectivity index (χ1n) is 16.4. The van der Waals surface area contributed by atoms with Crippen LogP contribution in [0.4, 0.5) is 0 Å². The van der Waals surface area contributed by atoms with Crippen LogP contribution in [-0.2, 0) is 16.2 Å². The van der Waals surface area contributed by atoms with Gasteiger partial charge in [0.1, 0.15) is 0 Å². The zero-order valence-electron chi connectivity index (χ0n) is 26.5. The number of para-hydroxylation sites is 3. The minimum atomic E-state index is 0.162. The lowest BCUT2D eigenvalue weighted by atomic mass is 9.53. The molecule has 5 aromatic carbocycles. The van der Waals surface area contributed by atoms with Gasteiger partial charge in [0, 0.05) is 32.9 Å². The Morgan fingerprint density at radius 2 is 0.864 bits per heavy atom. The third-order valence-corrected chi connectivity index (χ3v) is 11.5. The Morgan fingerprint density at radius 1 is 0.432 bits per heavy atom. The summed E-state index contributed by atoms with van der Waals surface area (Å²) < 4.78 is 4.98. The number of rotatable bonds is 2. The molecule has 0 unspecified atom stereocenters. The van der Waals surface area contributed by atoms with Gasteiger partial charge < -0.3 is 9.13 Å². The van der Waals surface area contributed by atoms with Gasteiger partial charge in [0.2, 0.25) is 0 Å². The molecular formula is C42H40N2. The van der Waals surface area contributed by atoms with Crippen LogP contribution in [0.25, 0.3) is 55.0 Å². The van der Waals surface area contributed by atoms with Crippen molar-refractivity contribution in [3.05, 3.63) is 120 Å². The summed E-state index contributed by atoms with van der Waals surface area (Å²) in [5.41, 5.74) is 13.0. The third kappa shape index (κ3) is 3.43. The fourth-order valence-corrected chi connectivity index (χ4v) is 8.87. The van der Waals surface area contributed by atoms with Crippen LogP contribution in [0.15, 0.2) is 103 Å². The SMILES string of the molecule is CC1(C)CCC2(C)CCC(C)(C)c3cc(-n4c5ccccc5c5cc(-n6c7ccccc7c7ccccc76)ccc54)cc1c32. The summed E-state index contributed by atoms with van der Waals surface area (Å²) in [5, 5.41) is 5.20. The molecule has 0 N–H and O–H groups in total. The predicted octanol–water partition coefficient (Wildman–Crippen LogP) is 11.3. The Morgan fingerprint density at radius 3 is 1.39 bits per heavy atom. The lowest BCUT2D eigenvalue weighted by Gasteiger charge is -2.51. The van der Waals surface area contributed by atoms with Gasteiger partial charge in [0.05, 0.1) is 22.1 Å². The monoisotopic (exact) mass is 572 g/mol. The van der Waals surface area contributed by atoms with Crippen molar-refractivity contribution < 1.29 is 0 Å². The summed E-state index contributed by atoms with van der Waals surface area (Å²) in [5.74, 6) is 0. The van der Waals surface area contributed by atoms with Crippen molar-refractivity contribution in [2.24, 2.45) is 0 Å². The molecule has 0 fully saturated rings. The van der Waals surface area contributed by atoms with Crippen molar-refractivity contribution in [2.75, 3.05) is 0 Å². The van der Waals surface area contributed by atoms with E-state index in [-0.39, 0.29) is 16.2 Å². The molecule has 2 aliphatic rings. The molecule has 2 nitrogen and oxygen atoms in total. The third-order valence-electron chi connectivity index (χ3n) is 11.5. The highest BCUT2D eigenvalue weighted by molar-refractivity contribution is 6.12. The normalized spacial score (nSPS) is 18.3. The molecule has 0 bridgehead atoms. The van der Waals surface area contributed by atoms with Gasteiger partial charge in [-0.05, 0) is 107 Å². The van der Waals surface area contributed by atoms with Crippen molar-refractivity contribution in [1.82, 2.24) is 9.13 Å². The molecular weight excluding hydrogens is 532 g/mol. The van der Waals surface area contributed by atoms with E-state index in [4.69, 9.17) is 0 Å². The van der Waals surface area contributed by atoms with Crippen molar-refractivity contribution in [1.29, 1.82) is 0 Å². The summed E-state index contributed by atoms with van der Waals surface area (Å²) in [6.45, 7) is 12.4. The molecule has 218 valence electrons. The van der Waals surface area contributed by atoms with Gasteiger partial charge in [0.15, 0.2) is 0 Å². The zero-order valence-corrected chi connectivity index (χ0v) is 26.5. The van der Waals surface area contributed by atoms with Crippen molar-refractivity contribution in [2.45, 2.75) is 76.5 Å². The van der Waals surface area contributed by atoms with E-state index in [1.165, 1.54) is 80.7 Å². The van der Waals surface area contributed by atoms with E-state index in [0.717, 1.165) is 0 Å². The predicted molar refractivity (Wildman–Crippen MR) is 187 cm³/mol. The smallest absolute Gasteiger partial charge is 0.0542 e. The number of aromatic nitrogens is 2. The van der Waals surface area contributed by atoms with Crippen LogP contribution in [-0.4, -0.2) is 9.13 Å². The first-order chi connectivity index (χ1) is 21.2. The van der Waals surface area contributed by atoms with Crippen molar-refractivity contribution >= 4 is 43.6 Å². The minimum absolute atomic E-state index is 0.162. The van der Waals surface area contributed by atoms with E-state index in [2.05, 4.69) is 147 Å². The molecule has 2 heterocycles. The van der Waals surface area contributed by atoms with Gasteiger partial charge in [-0.15, -0.1) is 0 Å². The molecule has 2 heteroatoms. The van der Waals surface area contributed by atoms with Crippen LogP contribution in [0.3, 0.4) is 0 Å². The molecule has 44 heavy (non-hydrogen) atoms. The molecule has 0 amide bonds. The first-order valence-corrected chi connectivity index (χ1v) is 16.4. The summed E-state index contributed by atoms with van der Waals surface area (Å²) in [7, 11) is 0. The molecule has 0 atom stereocenters. The van der Waals surface area contributed by atoms with E-state index in [1.807, 2.05) is 0 Å². The highest BCUT2D eigenvalue weighted by Crippen LogP contribution is 2.56. The van der Waals surface area contributed by atoms with E-state index in [9.17, 15) is 0 Å². The largest absolute Gasteiger partial charge is 0.309 e. The Hall–Kier alpha value is -4.30. The lowest BCUT2D eigenvalue weighted by Crippen LogP contribution is -2.43. The highest BCUT2D eigenvalue weighted by Gasteiger charge is 2.47. The summed E-state index contributed by atoms with van der Waals surface area (Å²) in [6, 6.07) is 38.8. The Kier molecular flexibility index (Phi) is 5.14. The van der Waals surface area contributed by atoms with Gasteiger partial charge in [-0.2, -0.15) is 0 Å². The quantitative estimate of drug-likeness (QED) is 0.195. The average Bonchev–Trinajstić information content (AvgIpc) is 3.54. The Bertz CT molecular complexity index is 2210. The maximum atomic E-state index is 2.56. The van der Waals surface area contributed by atoms with Crippen LogP contribution in [0.1, 0.15) is 77.0 Å². The molecule has 2 aliphatic carbocycles. The molecule has 0 saturated carbocycles. The second kappa shape index (κ2) is 8.66. The van der Waals surface area contributed by atoms with E-state index >= 15 is 0 Å². The molecule has 0 spiro atoms. The number of fused-ring (bicyclic) bond motifs is 6. The summed E-state index contributed by atoms with van der Waals surface area (Å²) in [6.07, 6.45) is 5.07. The van der Waals surface area contributed by atoms with Crippen LogP contribution in [0, 0.1) is 0 Å². The molecule has 0 aliphatic heterocycles. The molecule has 9 rings (SSSR count). The second-order valence-electron chi connectivity index (χ2n) is 15.2. The Labute approximate surface area is 259 Å². The number of benzene rings is 5. The van der Waals surface area contributed by atoms with Gasteiger partial charge in [-0.25, -0.2) is 0 Å². The Balaban J connectivity index is 1.34. The summed E-state index contributed by atoms with van der Waals surface area (Å²) in [4.78, 5) is 0. The van der Waals surface area contributed by atoms with Crippen LogP contribution >= 0.6 is 0 Å². The fourth-order valence-electron chi connectivity index (χ4n) is 8.87. The molecule has 2 aromatic heterocycles.